The maximum atomic E-state index is 5.37. The topological polar surface area (TPSA) is 33.6 Å². The molecule has 1 aliphatic rings. The van der Waals surface area contributed by atoms with Crippen LogP contribution in [0.25, 0.3) is 10.8 Å². The van der Waals surface area contributed by atoms with Crippen LogP contribution < -0.4 is 5.32 Å². The van der Waals surface area contributed by atoms with Crippen LogP contribution in [0, 0.1) is 6.92 Å². The Hall–Kier alpha value is -1.55. The molecule has 0 aliphatic carbocycles. The summed E-state index contributed by atoms with van der Waals surface area (Å²) in [7, 11) is 0. The summed E-state index contributed by atoms with van der Waals surface area (Å²) in [5, 5.41) is 5.83. The van der Waals surface area contributed by atoms with Gasteiger partial charge in [0.2, 0.25) is 0 Å². The van der Waals surface area contributed by atoms with Gasteiger partial charge in [0, 0.05) is 6.54 Å². The van der Waals surface area contributed by atoms with Crippen molar-refractivity contribution >= 4 is 33.8 Å². The molecule has 3 nitrogen and oxygen atoms in total. The van der Waals surface area contributed by atoms with Crippen LogP contribution in [-0.2, 0) is 11.3 Å². The first kappa shape index (κ1) is 13.9. The summed E-state index contributed by atoms with van der Waals surface area (Å²) < 4.78 is 5.37. The molecular formula is C15H17BrN2O. The lowest BCUT2D eigenvalue weighted by Crippen LogP contribution is -2.23. The molecule has 3 rings (SSSR count). The molecule has 4 heteroatoms. The van der Waals surface area contributed by atoms with E-state index >= 15 is 0 Å². The molecule has 1 heterocycles. The van der Waals surface area contributed by atoms with Crippen LogP contribution in [0.3, 0.4) is 0 Å². The number of aliphatic imine (C=N–C) groups is 1. The SMILES string of the molecule is Br.Cc1ccc2ccccc2c1CNC1=NCCO1. The van der Waals surface area contributed by atoms with Crippen LogP contribution in [0.4, 0.5) is 0 Å². The molecule has 0 bridgehead atoms. The van der Waals surface area contributed by atoms with Gasteiger partial charge in [-0.3, -0.25) is 0 Å². The van der Waals surface area contributed by atoms with E-state index in [9.17, 15) is 0 Å². The molecule has 100 valence electrons. The molecule has 1 N–H and O–H groups in total. The third kappa shape index (κ3) is 2.89. The monoisotopic (exact) mass is 320 g/mol. The average Bonchev–Trinajstić information content (AvgIpc) is 2.91. The zero-order chi connectivity index (χ0) is 12.4. The first-order valence-electron chi connectivity index (χ1n) is 6.23. The second-order valence-electron chi connectivity index (χ2n) is 4.47. The van der Waals surface area contributed by atoms with Crippen molar-refractivity contribution in [1.29, 1.82) is 0 Å². The van der Waals surface area contributed by atoms with E-state index in [1.54, 1.807) is 0 Å². The van der Waals surface area contributed by atoms with Crippen LogP contribution >= 0.6 is 17.0 Å². The van der Waals surface area contributed by atoms with Crippen molar-refractivity contribution in [3.63, 3.8) is 0 Å². The standard InChI is InChI=1S/C15H16N2O.BrH/c1-11-6-7-12-4-2-3-5-13(12)14(11)10-17-15-16-8-9-18-15;/h2-7H,8-10H2,1H3,(H,16,17);1H. The van der Waals surface area contributed by atoms with Gasteiger partial charge >= 0.3 is 0 Å². The van der Waals surface area contributed by atoms with Gasteiger partial charge in [0.05, 0.1) is 6.54 Å². The van der Waals surface area contributed by atoms with Gasteiger partial charge in [0.25, 0.3) is 6.02 Å². The fourth-order valence-electron chi connectivity index (χ4n) is 2.29. The molecule has 0 fully saturated rings. The summed E-state index contributed by atoms with van der Waals surface area (Å²) >= 11 is 0. The van der Waals surface area contributed by atoms with Gasteiger partial charge in [-0.05, 0) is 28.8 Å². The molecule has 0 amide bonds. The summed E-state index contributed by atoms with van der Waals surface area (Å²) in [6, 6.07) is 13.4. The minimum absolute atomic E-state index is 0. The molecule has 0 aromatic heterocycles. The summed E-state index contributed by atoms with van der Waals surface area (Å²) in [5.41, 5.74) is 2.60. The highest BCUT2D eigenvalue weighted by atomic mass is 79.9. The minimum Gasteiger partial charge on any atom is -0.463 e. The van der Waals surface area contributed by atoms with Gasteiger partial charge in [-0.2, -0.15) is 0 Å². The quantitative estimate of drug-likeness (QED) is 0.921. The van der Waals surface area contributed by atoms with E-state index in [1.807, 2.05) is 0 Å². The molecular weight excluding hydrogens is 304 g/mol. The van der Waals surface area contributed by atoms with Crippen LogP contribution in [0.2, 0.25) is 0 Å². The Balaban J connectivity index is 0.00000133. The van der Waals surface area contributed by atoms with Crippen molar-refractivity contribution in [2.75, 3.05) is 13.2 Å². The van der Waals surface area contributed by atoms with Crippen molar-refractivity contribution in [2.45, 2.75) is 13.5 Å². The lowest BCUT2D eigenvalue weighted by Gasteiger charge is -2.11. The highest BCUT2D eigenvalue weighted by Crippen LogP contribution is 2.22. The smallest absolute Gasteiger partial charge is 0.285 e. The van der Waals surface area contributed by atoms with Crippen LogP contribution in [-0.4, -0.2) is 19.2 Å². The molecule has 0 unspecified atom stereocenters. The predicted molar refractivity (Wildman–Crippen MR) is 84.1 cm³/mol. The molecule has 0 radical (unpaired) electrons. The van der Waals surface area contributed by atoms with Gasteiger partial charge in [0.15, 0.2) is 0 Å². The number of halogens is 1. The second-order valence-corrected chi connectivity index (χ2v) is 4.47. The molecule has 0 saturated heterocycles. The molecule has 2 aromatic rings. The number of nitrogens with one attached hydrogen (secondary N) is 1. The van der Waals surface area contributed by atoms with E-state index in [0.29, 0.717) is 12.6 Å². The Morgan fingerprint density at radius 3 is 2.84 bits per heavy atom. The summed E-state index contributed by atoms with van der Waals surface area (Å²) in [5.74, 6) is 0. The number of rotatable bonds is 2. The molecule has 0 atom stereocenters. The number of amidine groups is 1. The summed E-state index contributed by atoms with van der Waals surface area (Å²) in [6.07, 6.45) is 0. The lowest BCUT2D eigenvalue weighted by molar-refractivity contribution is 0.331. The van der Waals surface area contributed by atoms with Crippen molar-refractivity contribution in [2.24, 2.45) is 4.99 Å². The van der Waals surface area contributed by atoms with E-state index < -0.39 is 0 Å². The van der Waals surface area contributed by atoms with E-state index in [0.717, 1.165) is 13.1 Å². The Morgan fingerprint density at radius 1 is 1.21 bits per heavy atom. The van der Waals surface area contributed by atoms with E-state index in [1.165, 1.54) is 21.9 Å². The average molecular weight is 321 g/mol. The number of benzene rings is 2. The Morgan fingerprint density at radius 2 is 2.05 bits per heavy atom. The number of aryl methyl sites for hydroxylation is 1. The molecule has 19 heavy (non-hydrogen) atoms. The first-order valence-corrected chi connectivity index (χ1v) is 6.23. The Kier molecular flexibility index (Phi) is 4.43. The van der Waals surface area contributed by atoms with Crippen LogP contribution in [0.15, 0.2) is 41.4 Å². The maximum Gasteiger partial charge on any atom is 0.285 e. The molecule has 1 aliphatic heterocycles. The highest BCUT2D eigenvalue weighted by Gasteiger charge is 2.09. The minimum atomic E-state index is 0. The molecule has 2 aromatic carbocycles. The summed E-state index contributed by atoms with van der Waals surface area (Å²) in [6.45, 7) is 4.35. The van der Waals surface area contributed by atoms with Gasteiger partial charge in [-0.1, -0.05) is 36.4 Å². The van der Waals surface area contributed by atoms with Crippen molar-refractivity contribution in [1.82, 2.24) is 5.32 Å². The molecule has 0 saturated carbocycles. The van der Waals surface area contributed by atoms with Gasteiger partial charge in [0.1, 0.15) is 6.61 Å². The largest absolute Gasteiger partial charge is 0.463 e. The lowest BCUT2D eigenvalue weighted by atomic mass is 10.00. The van der Waals surface area contributed by atoms with Gasteiger partial charge in [-0.15, -0.1) is 17.0 Å². The van der Waals surface area contributed by atoms with Crippen LogP contribution in [0.1, 0.15) is 11.1 Å². The Bertz CT molecular complexity index is 610. The maximum absolute atomic E-state index is 5.37. The summed E-state index contributed by atoms with van der Waals surface area (Å²) in [4.78, 5) is 4.24. The fraction of sp³-hybridized carbons (Fsp3) is 0.267. The van der Waals surface area contributed by atoms with Gasteiger partial charge < -0.3 is 10.1 Å². The second kappa shape index (κ2) is 6.06. The first-order chi connectivity index (χ1) is 8.84. The third-order valence-corrected chi connectivity index (χ3v) is 3.28. The predicted octanol–water partition coefficient (Wildman–Crippen LogP) is 3.20. The van der Waals surface area contributed by atoms with Gasteiger partial charge in [-0.25, -0.2) is 4.99 Å². The van der Waals surface area contributed by atoms with E-state index in [4.69, 9.17) is 4.74 Å². The van der Waals surface area contributed by atoms with Crippen molar-refractivity contribution in [3.05, 3.63) is 47.5 Å². The van der Waals surface area contributed by atoms with E-state index in [2.05, 4.69) is 53.6 Å². The fourth-order valence-corrected chi connectivity index (χ4v) is 2.29. The normalized spacial score (nSPS) is 13.6. The number of fused-ring (bicyclic) bond motifs is 1. The van der Waals surface area contributed by atoms with Crippen molar-refractivity contribution in [3.8, 4) is 0 Å². The molecule has 0 spiro atoms. The third-order valence-electron chi connectivity index (χ3n) is 3.28. The Labute approximate surface area is 123 Å². The number of ether oxygens (including phenoxy) is 1. The highest BCUT2D eigenvalue weighted by molar-refractivity contribution is 8.93. The van der Waals surface area contributed by atoms with Crippen molar-refractivity contribution < 1.29 is 4.74 Å². The zero-order valence-corrected chi connectivity index (χ0v) is 12.6. The number of nitrogens with zero attached hydrogens (tertiary/aromatic N) is 1. The number of hydrogen-bond acceptors (Lipinski definition) is 3. The van der Waals surface area contributed by atoms with Crippen LogP contribution in [0.5, 0.6) is 0 Å². The zero-order valence-electron chi connectivity index (χ0n) is 10.8. The van der Waals surface area contributed by atoms with E-state index in [-0.39, 0.29) is 17.0 Å². The number of hydrogen-bond donors (Lipinski definition) is 1.